The third kappa shape index (κ3) is 4.67. The molecule has 0 saturated heterocycles. The quantitative estimate of drug-likeness (QED) is 0.188. The summed E-state index contributed by atoms with van der Waals surface area (Å²) < 4.78 is 8.63. The van der Waals surface area contributed by atoms with Gasteiger partial charge in [0.15, 0.2) is 17.5 Å². The van der Waals surface area contributed by atoms with Gasteiger partial charge < -0.3 is 8.98 Å². The highest BCUT2D eigenvalue weighted by molar-refractivity contribution is 6.17. The number of hydrogen-bond donors (Lipinski definition) is 0. The molecule has 0 spiro atoms. The first kappa shape index (κ1) is 28.2. The van der Waals surface area contributed by atoms with Crippen LogP contribution in [0.3, 0.4) is 0 Å². The number of fused-ring (bicyclic) bond motifs is 6. The van der Waals surface area contributed by atoms with Crippen LogP contribution >= 0.6 is 0 Å². The summed E-state index contributed by atoms with van der Waals surface area (Å²) in [4.78, 5) is 15.2. The van der Waals surface area contributed by atoms with Crippen molar-refractivity contribution < 1.29 is 4.42 Å². The van der Waals surface area contributed by atoms with E-state index in [1.165, 1.54) is 5.39 Å². The minimum Gasteiger partial charge on any atom is -0.456 e. The van der Waals surface area contributed by atoms with Gasteiger partial charge in [-0.15, -0.1) is 0 Å². The van der Waals surface area contributed by atoms with Gasteiger partial charge in [-0.25, -0.2) is 15.0 Å². The van der Waals surface area contributed by atoms with Crippen molar-refractivity contribution in [3.63, 3.8) is 0 Å². The van der Waals surface area contributed by atoms with E-state index in [9.17, 15) is 0 Å². The summed E-state index contributed by atoms with van der Waals surface area (Å²) in [5.41, 5.74) is 10.1. The molecule has 7 aromatic carbocycles. The lowest BCUT2D eigenvalue weighted by molar-refractivity contribution is 0.669. The van der Waals surface area contributed by atoms with Crippen molar-refractivity contribution in [3.05, 3.63) is 170 Å². The van der Waals surface area contributed by atoms with Gasteiger partial charge in [-0.2, -0.15) is 0 Å². The maximum Gasteiger partial charge on any atom is 0.164 e. The molecule has 10 aromatic rings. The van der Waals surface area contributed by atoms with E-state index in [1.54, 1.807) is 0 Å². The normalized spacial score (nSPS) is 11.6. The molecule has 5 nitrogen and oxygen atoms in total. The van der Waals surface area contributed by atoms with Gasteiger partial charge in [0, 0.05) is 43.9 Å². The summed E-state index contributed by atoms with van der Waals surface area (Å²) in [7, 11) is 0. The molecule has 0 unspecified atom stereocenters. The highest BCUT2D eigenvalue weighted by Crippen LogP contribution is 2.39. The third-order valence-corrected chi connectivity index (χ3v) is 9.43. The first-order valence-corrected chi connectivity index (χ1v) is 16.7. The number of furan rings is 1. The zero-order valence-corrected chi connectivity index (χ0v) is 26.9. The first-order chi connectivity index (χ1) is 24.8. The predicted octanol–water partition coefficient (Wildman–Crippen LogP) is 11.5. The van der Waals surface area contributed by atoms with E-state index in [1.807, 2.05) is 48.5 Å². The van der Waals surface area contributed by atoms with Crippen molar-refractivity contribution in [2.24, 2.45) is 0 Å². The number of benzene rings is 7. The van der Waals surface area contributed by atoms with Crippen LogP contribution in [0.25, 0.3) is 94.7 Å². The van der Waals surface area contributed by atoms with Crippen LogP contribution in [0.2, 0.25) is 0 Å². The maximum absolute atomic E-state index is 6.30. The van der Waals surface area contributed by atoms with Crippen molar-refractivity contribution >= 4 is 43.7 Å². The Kier molecular flexibility index (Phi) is 6.42. The zero-order chi connectivity index (χ0) is 33.0. The predicted molar refractivity (Wildman–Crippen MR) is 203 cm³/mol. The summed E-state index contributed by atoms with van der Waals surface area (Å²) in [6.07, 6.45) is 0. The molecule has 0 saturated carbocycles. The van der Waals surface area contributed by atoms with Gasteiger partial charge in [-0.1, -0.05) is 127 Å². The molecular weight excluding hydrogens is 613 g/mol. The second-order valence-corrected chi connectivity index (χ2v) is 12.5. The van der Waals surface area contributed by atoms with Gasteiger partial charge in [0.25, 0.3) is 0 Å². The third-order valence-electron chi connectivity index (χ3n) is 9.43. The van der Waals surface area contributed by atoms with Gasteiger partial charge in [-0.3, -0.25) is 0 Å². The Balaban J connectivity index is 1.17. The molecular formula is C45H28N4O. The van der Waals surface area contributed by atoms with Crippen molar-refractivity contribution in [1.29, 1.82) is 0 Å². The molecule has 0 amide bonds. The van der Waals surface area contributed by atoms with E-state index in [-0.39, 0.29) is 0 Å². The van der Waals surface area contributed by atoms with Gasteiger partial charge in [0.2, 0.25) is 0 Å². The van der Waals surface area contributed by atoms with Gasteiger partial charge in [-0.05, 0) is 53.6 Å². The van der Waals surface area contributed by atoms with E-state index < -0.39 is 0 Å². The minimum atomic E-state index is 0.616. The van der Waals surface area contributed by atoms with Crippen molar-refractivity contribution in [1.82, 2.24) is 19.5 Å². The molecule has 0 fully saturated rings. The lowest BCUT2D eigenvalue weighted by Crippen LogP contribution is -2.01. The smallest absolute Gasteiger partial charge is 0.164 e. The number of nitrogens with zero attached hydrogens (tertiary/aromatic N) is 4. The van der Waals surface area contributed by atoms with Crippen LogP contribution in [-0.4, -0.2) is 19.5 Å². The molecule has 0 N–H and O–H groups in total. The molecule has 3 aromatic heterocycles. The number of rotatable bonds is 5. The minimum absolute atomic E-state index is 0.616. The molecule has 234 valence electrons. The van der Waals surface area contributed by atoms with E-state index in [0.29, 0.717) is 17.5 Å². The molecule has 0 bridgehead atoms. The molecule has 0 aliphatic rings. The fourth-order valence-corrected chi connectivity index (χ4v) is 7.07. The van der Waals surface area contributed by atoms with Gasteiger partial charge in [0.1, 0.15) is 11.2 Å². The van der Waals surface area contributed by atoms with E-state index >= 15 is 0 Å². The topological polar surface area (TPSA) is 56.7 Å². The van der Waals surface area contributed by atoms with Crippen LogP contribution in [0.5, 0.6) is 0 Å². The molecule has 5 heteroatoms. The van der Waals surface area contributed by atoms with Crippen molar-refractivity contribution in [2.75, 3.05) is 0 Å². The second kappa shape index (κ2) is 11.4. The molecule has 3 heterocycles. The highest BCUT2D eigenvalue weighted by Gasteiger charge is 2.18. The van der Waals surface area contributed by atoms with Crippen molar-refractivity contribution in [3.8, 4) is 51.0 Å². The van der Waals surface area contributed by atoms with Crippen LogP contribution in [0, 0.1) is 0 Å². The average molecular weight is 641 g/mol. The summed E-state index contributed by atoms with van der Waals surface area (Å²) in [5, 5.41) is 4.52. The zero-order valence-electron chi connectivity index (χ0n) is 26.9. The monoisotopic (exact) mass is 640 g/mol. The fraction of sp³-hybridized carbons (Fsp3) is 0. The summed E-state index contributed by atoms with van der Waals surface area (Å²) in [5.74, 6) is 1.88. The van der Waals surface area contributed by atoms with E-state index in [2.05, 4.69) is 126 Å². The van der Waals surface area contributed by atoms with Crippen LogP contribution in [0.15, 0.2) is 174 Å². The Hall–Kier alpha value is -6.85. The number of aromatic nitrogens is 4. The molecule has 50 heavy (non-hydrogen) atoms. The summed E-state index contributed by atoms with van der Waals surface area (Å²) in [6.45, 7) is 0. The van der Waals surface area contributed by atoms with E-state index in [4.69, 9.17) is 19.4 Å². The highest BCUT2D eigenvalue weighted by atomic mass is 16.3. The Morgan fingerprint density at radius 1 is 0.340 bits per heavy atom. The van der Waals surface area contributed by atoms with Gasteiger partial charge >= 0.3 is 0 Å². The fourth-order valence-electron chi connectivity index (χ4n) is 7.07. The standard InChI is InChI=1S/C45H28N4O/c1-3-13-29(14-4-1)31-17-11-18-32(25-31)44-46-43(30-15-5-2-6-16-30)47-45(48-44)33-19-12-20-34(26-33)49-39-23-9-7-21-35(39)37-28-42-38(27-40(37)49)36-22-8-10-24-41(36)50-42/h1-28H. The molecule has 0 radical (unpaired) electrons. The number of hydrogen-bond acceptors (Lipinski definition) is 4. The van der Waals surface area contributed by atoms with Crippen LogP contribution in [0.1, 0.15) is 0 Å². The Morgan fingerprint density at radius 3 is 1.70 bits per heavy atom. The largest absolute Gasteiger partial charge is 0.456 e. The Bertz CT molecular complexity index is 2870. The maximum atomic E-state index is 6.30. The molecule has 0 aliphatic carbocycles. The van der Waals surface area contributed by atoms with Crippen LogP contribution in [-0.2, 0) is 0 Å². The SMILES string of the molecule is c1ccc(-c2cccc(-c3nc(-c4ccccc4)nc(-c4cccc(-n5c6ccccc6c6cc7oc8ccccc8c7cc65)c4)n3)c2)cc1. The summed E-state index contributed by atoms with van der Waals surface area (Å²) in [6, 6.07) is 58.6. The Labute approximate surface area is 287 Å². The first-order valence-electron chi connectivity index (χ1n) is 16.7. The lowest BCUT2D eigenvalue weighted by atomic mass is 10.0. The van der Waals surface area contributed by atoms with Crippen LogP contribution < -0.4 is 0 Å². The Morgan fingerprint density at radius 2 is 0.920 bits per heavy atom. The average Bonchev–Trinajstić information content (AvgIpc) is 3.72. The lowest BCUT2D eigenvalue weighted by Gasteiger charge is -2.12. The summed E-state index contributed by atoms with van der Waals surface area (Å²) >= 11 is 0. The second-order valence-electron chi connectivity index (χ2n) is 12.5. The number of para-hydroxylation sites is 2. The van der Waals surface area contributed by atoms with E-state index in [0.717, 1.165) is 71.9 Å². The van der Waals surface area contributed by atoms with Gasteiger partial charge in [0.05, 0.1) is 11.0 Å². The molecule has 0 atom stereocenters. The molecule has 10 rings (SSSR count). The van der Waals surface area contributed by atoms with Crippen molar-refractivity contribution in [2.45, 2.75) is 0 Å². The van der Waals surface area contributed by atoms with Crippen LogP contribution in [0.4, 0.5) is 0 Å². The molecule has 0 aliphatic heterocycles.